The van der Waals surface area contributed by atoms with Gasteiger partial charge < -0.3 is 19.5 Å². The van der Waals surface area contributed by atoms with Crippen molar-refractivity contribution in [2.75, 3.05) is 31.1 Å². The number of piperazine rings is 1. The van der Waals surface area contributed by atoms with Crippen molar-refractivity contribution in [2.45, 2.75) is 12.8 Å². The van der Waals surface area contributed by atoms with Gasteiger partial charge in [-0.3, -0.25) is 4.68 Å². The highest BCUT2D eigenvalue weighted by Crippen LogP contribution is 2.26. The van der Waals surface area contributed by atoms with E-state index in [9.17, 15) is 13.2 Å². The summed E-state index contributed by atoms with van der Waals surface area (Å²) in [6, 6.07) is 9.17. The van der Waals surface area contributed by atoms with Crippen LogP contribution in [0.3, 0.4) is 0 Å². The molecule has 13 heteroatoms. The number of ether oxygens (including phenoxy) is 1. The Hall–Kier alpha value is -4.00. The molecule has 4 aromatic rings. The zero-order valence-electron chi connectivity index (χ0n) is 18.7. The lowest BCUT2D eigenvalue weighted by Crippen LogP contribution is -2.43. The highest BCUT2D eigenvalue weighted by atomic mass is 19.4. The monoisotopic (exact) mass is 486 g/mol. The fourth-order valence-electron chi connectivity index (χ4n) is 3.72. The van der Waals surface area contributed by atoms with Crippen LogP contribution < -0.4 is 15.0 Å². The Labute approximate surface area is 197 Å². The van der Waals surface area contributed by atoms with Crippen LogP contribution in [0.1, 0.15) is 11.4 Å². The minimum absolute atomic E-state index is 0.105. The van der Waals surface area contributed by atoms with Crippen LogP contribution in [0.5, 0.6) is 5.75 Å². The van der Waals surface area contributed by atoms with Gasteiger partial charge in [-0.15, -0.1) is 18.3 Å². The number of aromatic nitrogens is 6. The molecule has 0 radical (unpaired) electrons. The number of hydrogen-bond donors (Lipinski definition) is 1. The number of pyridine rings is 1. The van der Waals surface area contributed by atoms with Gasteiger partial charge in [0.15, 0.2) is 0 Å². The number of anilines is 1. The molecular weight excluding hydrogens is 465 g/mol. The SMILES string of the molecule is Cn1nc(-c2nc(-c3ccc(OC(F)(F)F)cc3)no2)nc1Cc1ccnc(N2CCNCC2)c1. The molecule has 1 aromatic carbocycles. The second-order valence-corrected chi connectivity index (χ2v) is 7.91. The molecule has 0 atom stereocenters. The van der Waals surface area contributed by atoms with Crippen LogP contribution >= 0.6 is 0 Å². The fraction of sp³-hybridized carbons (Fsp3) is 0.318. The summed E-state index contributed by atoms with van der Waals surface area (Å²) >= 11 is 0. The van der Waals surface area contributed by atoms with E-state index in [2.05, 4.69) is 46.2 Å². The van der Waals surface area contributed by atoms with E-state index in [1.165, 1.54) is 24.3 Å². The molecule has 3 aromatic heterocycles. The van der Waals surface area contributed by atoms with Gasteiger partial charge in [0.05, 0.1) is 0 Å². The van der Waals surface area contributed by atoms with Crippen molar-refractivity contribution in [3.05, 3.63) is 54.0 Å². The molecule has 0 unspecified atom stereocenters. The van der Waals surface area contributed by atoms with E-state index >= 15 is 0 Å². The topological polar surface area (TPSA) is 107 Å². The van der Waals surface area contributed by atoms with Crippen molar-refractivity contribution in [3.63, 3.8) is 0 Å². The molecule has 1 N–H and O–H groups in total. The number of aryl methyl sites for hydroxylation is 1. The van der Waals surface area contributed by atoms with Crippen molar-refractivity contribution in [3.8, 4) is 28.9 Å². The molecule has 4 heterocycles. The first kappa shape index (κ1) is 22.8. The van der Waals surface area contributed by atoms with E-state index in [4.69, 9.17) is 4.52 Å². The maximum absolute atomic E-state index is 12.3. The van der Waals surface area contributed by atoms with Gasteiger partial charge in [0.25, 0.3) is 5.89 Å². The number of halogens is 3. The van der Waals surface area contributed by atoms with Crippen LogP contribution in [0.15, 0.2) is 47.1 Å². The van der Waals surface area contributed by atoms with Crippen LogP contribution in [0, 0.1) is 0 Å². The summed E-state index contributed by atoms with van der Waals surface area (Å²) in [6.45, 7) is 3.66. The van der Waals surface area contributed by atoms with Crippen LogP contribution in [-0.4, -0.2) is 62.4 Å². The van der Waals surface area contributed by atoms with E-state index in [-0.39, 0.29) is 23.3 Å². The third kappa shape index (κ3) is 5.40. The Morgan fingerprint density at radius 3 is 2.57 bits per heavy atom. The number of nitrogens with one attached hydrogen (secondary N) is 1. The first-order valence-electron chi connectivity index (χ1n) is 10.8. The third-order valence-corrected chi connectivity index (χ3v) is 5.43. The zero-order chi connectivity index (χ0) is 24.4. The average molecular weight is 486 g/mol. The number of nitrogens with zero attached hydrogens (tertiary/aromatic N) is 7. The summed E-state index contributed by atoms with van der Waals surface area (Å²) in [4.78, 5) is 15.6. The van der Waals surface area contributed by atoms with E-state index in [1.54, 1.807) is 17.9 Å². The van der Waals surface area contributed by atoms with E-state index in [0.29, 0.717) is 17.8 Å². The third-order valence-electron chi connectivity index (χ3n) is 5.43. The zero-order valence-corrected chi connectivity index (χ0v) is 18.7. The summed E-state index contributed by atoms with van der Waals surface area (Å²) in [5.41, 5.74) is 1.51. The molecule has 0 amide bonds. The molecule has 0 bridgehead atoms. The molecule has 1 saturated heterocycles. The van der Waals surface area contributed by atoms with Crippen molar-refractivity contribution in [2.24, 2.45) is 7.05 Å². The second-order valence-electron chi connectivity index (χ2n) is 7.91. The first-order chi connectivity index (χ1) is 16.8. The smallest absolute Gasteiger partial charge is 0.406 e. The highest BCUT2D eigenvalue weighted by Gasteiger charge is 2.31. The summed E-state index contributed by atoms with van der Waals surface area (Å²) in [7, 11) is 1.78. The molecule has 35 heavy (non-hydrogen) atoms. The van der Waals surface area contributed by atoms with Gasteiger partial charge in [-0.2, -0.15) is 4.98 Å². The molecule has 0 saturated carbocycles. The van der Waals surface area contributed by atoms with Crippen molar-refractivity contribution in [1.82, 2.24) is 35.2 Å². The predicted octanol–water partition coefficient (Wildman–Crippen LogP) is 2.83. The van der Waals surface area contributed by atoms with E-state index in [1.807, 2.05) is 6.07 Å². The maximum Gasteiger partial charge on any atom is 0.573 e. The van der Waals surface area contributed by atoms with E-state index in [0.717, 1.165) is 37.6 Å². The number of benzene rings is 1. The van der Waals surface area contributed by atoms with E-state index < -0.39 is 6.36 Å². The van der Waals surface area contributed by atoms with Gasteiger partial charge in [-0.25, -0.2) is 9.97 Å². The summed E-state index contributed by atoms with van der Waals surface area (Å²) in [5, 5.41) is 11.6. The van der Waals surface area contributed by atoms with Gasteiger partial charge in [-0.05, 0) is 42.0 Å². The van der Waals surface area contributed by atoms with Gasteiger partial charge >= 0.3 is 6.36 Å². The van der Waals surface area contributed by atoms with Crippen LogP contribution in [0.25, 0.3) is 23.1 Å². The van der Waals surface area contributed by atoms with Gasteiger partial charge in [0, 0.05) is 51.4 Å². The van der Waals surface area contributed by atoms with Crippen LogP contribution in [0.4, 0.5) is 19.0 Å². The second kappa shape index (κ2) is 9.33. The fourth-order valence-corrected chi connectivity index (χ4v) is 3.72. The lowest BCUT2D eigenvalue weighted by Gasteiger charge is -2.28. The van der Waals surface area contributed by atoms with Crippen LogP contribution in [0.2, 0.25) is 0 Å². The molecule has 10 nitrogen and oxygen atoms in total. The Balaban J connectivity index is 1.30. The standard InChI is InChI=1S/C22H21F3N8O2/c1-32-18(13-14-6-7-27-17(12-14)33-10-8-26-9-11-33)28-20(30-32)21-29-19(31-35-21)15-2-4-16(5-3-15)34-22(23,24)25/h2-7,12,26H,8-11,13H2,1H3. The van der Waals surface area contributed by atoms with Gasteiger partial charge in [0.1, 0.15) is 17.4 Å². The van der Waals surface area contributed by atoms with Gasteiger partial charge in [-0.1, -0.05) is 5.16 Å². The molecular formula is C22H21F3N8O2. The lowest BCUT2D eigenvalue weighted by atomic mass is 10.2. The summed E-state index contributed by atoms with van der Waals surface area (Å²) in [6.07, 6.45) is -2.43. The number of rotatable bonds is 6. The largest absolute Gasteiger partial charge is 0.573 e. The Morgan fingerprint density at radius 2 is 1.83 bits per heavy atom. The molecule has 5 rings (SSSR count). The Kier molecular flexibility index (Phi) is 6.07. The number of hydrogen-bond acceptors (Lipinski definition) is 9. The first-order valence-corrected chi connectivity index (χ1v) is 10.8. The Bertz CT molecular complexity index is 1300. The molecule has 1 fully saturated rings. The normalized spacial score (nSPS) is 14.3. The predicted molar refractivity (Wildman–Crippen MR) is 119 cm³/mol. The average Bonchev–Trinajstić information content (AvgIpc) is 3.47. The maximum atomic E-state index is 12.3. The highest BCUT2D eigenvalue weighted by molar-refractivity contribution is 5.57. The molecule has 1 aliphatic rings. The minimum atomic E-state index is -4.76. The van der Waals surface area contributed by atoms with Crippen molar-refractivity contribution in [1.29, 1.82) is 0 Å². The summed E-state index contributed by atoms with van der Waals surface area (Å²) in [5.74, 6) is 1.85. The molecule has 182 valence electrons. The van der Waals surface area contributed by atoms with Crippen molar-refractivity contribution >= 4 is 5.82 Å². The van der Waals surface area contributed by atoms with Gasteiger partial charge in [0.2, 0.25) is 11.6 Å². The van der Waals surface area contributed by atoms with Crippen molar-refractivity contribution < 1.29 is 22.4 Å². The van der Waals surface area contributed by atoms with Crippen LogP contribution in [-0.2, 0) is 13.5 Å². The lowest BCUT2D eigenvalue weighted by molar-refractivity contribution is -0.274. The molecule has 1 aliphatic heterocycles. The number of alkyl halides is 3. The molecule has 0 aliphatic carbocycles. The Morgan fingerprint density at radius 1 is 1.06 bits per heavy atom. The quantitative estimate of drug-likeness (QED) is 0.440. The molecule has 0 spiro atoms. The summed E-state index contributed by atoms with van der Waals surface area (Å²) < 4.78 is 47.9. The minimum Gasteiger partial charge on any atom is -0.406 e.